The van der Waals surface area contributed by atoms with Gasteiger partial charge in [-0.15, -0.1) is 0 Å². The third-order valence-corrected chi connectivity index (χ3v) is 12.3. The Hall–Kier alpha value is -2.62. The predicted octanol–water partition coefficient (Wildman–Crippen LogP) is 8.27. The van der Waals surface area contributed by atoms with E-state index in [4.69, 9.17) is 19.3 Å². The summed E-state index contributed by atoms with van der Waals surface area (Å²) < 4.78 is 52.4. The number of amides is 1. The first-order valence-electron chi connectivity index (χ1n) is 16.4. The van der Waals surface area contributed by atoms with Crippen molar-refractivity contribution in [2.45, 2.75) is 117 Å². The predicted molar refractivity (Wildman–Crippen MR) is 183 cm³/mol. The van der Waals surface area contributed by atoms with Gasteiger partial charge in [0.2, 0.25) is 0 Å². The van der Waals surface area contributed by atoms with E-state index < -0.39 is 39.5 Å². The van der Waals surface area contributed by atoms with Gasteiger partial charge in [-0.05, 0) is 69.5 Å². The molecule has 1 fully saturated rings. The Labute approximate surface area is 273 Å². The largest absolute Gasteiger partial charge is 0.444 e. The number of halogens is 2. The molecule has 0 radical (unpaired) electrons. The number of nitrogens with zero attached hydrogens (tertiary/aromatic N) is 4. The number of fused-ring (bicyclic) bond motifs is 3. The standard InChI is InChI=1S/C33H51F2N5O4Si2/c1-32(2,3)44-31(41)36-23-16-24-29(27(35)26(23)34)37-30(39(24)19-42-11-13-45(5,6)7)28-22-15-21-17-33(21,4)18-25(22)40(38-28)20-43-12-14-46(8,9)10/h16,21H,11-15,17-20H2,1-10H3,(H,36,41)/t21-,33-/m1/s1. The average Bonchev–Trinajstić information content (AvgIpc) is 3.27. The first-order chi connectivity index (χ1) is 21.2. The van der Waals surface area contributed by atoms with Gasteiger partial charge in [0, 0.05) is 40.6 Å². The van der Waals surface area contributed by atoms with E-state index in [9.17, 15) is 4.79 Å². The van der Waals surface area contributed by atoms with Gasteiger partial charge in [-0.1, -0.05) is 46.2 Å². The summed E-state index contributed by atoms with van der Waals surface area (Å²) in [6.45, 7) is 22.8. The average molecular weight is 676 g/mol. The molecule has 0 bridgehead atoms. The lowest BCUT2D eigenvalue weighted by Crippen LogP contribution is -2.27. The maximum atomic E-state index is 15.7. The van der Waals surface area contributed by atoms with Gasteiger partial charge < -0.3 is 14.2 Å². The van der Waals surface area contributed by atoms with Gasteiger partial charge in [-0.25, -0.2) is 23.2 Å². The number of carbonyl (C=O) groups excluding carboxylic acids is 1. The Morgan fingerprint density at radius 3 is 2.28 bits per heavy atom. The van der Waals surface area contributed by atoms with Crippen molar-refractivity contribution in [2.75, 3.05) is 18.5 Å². The molecule has 46 heavy (non-hydrogen) atoms. The van der Waals surface area contributed by atoms with Crippen LogP contribution in [-0.2, 0) is 40.5 Å². The topological polar surface area (TPSA) is 92.4 Å². The van der Waals surface area contributed by atoms with E-state index in [1.807, 2.05) is 4.68 Å². The molecule has 0 unspecified atom stereocenters. The molecule has 5 rings (SSSR count). The van der Waals surface area contributed by atoms with E-state index in [-0.39, 0.29) is 23.3 Å². The highest BCUT2D eigenvalue weighted by Crippen LogP contribution is 2.60. The summed E-state index contributed by atoms with van der Waals surface area (Å²) in [7, 11) is -2.64. The zero-order valence-electron chi connectivity index (χ0n) is 29.2. The first-order valence-corrected chi connectivity index (χ1v) is 23.8. The molecule has 0 aliphatic heterocycles. The van der Waals surface area contributed by atoms with E-state index in [0.29, 0.717) is 42.9 Å². The summed E-state index contributed by atoms with van der Waals surface area (Å²) in [5.41, 5.74) is 2.12. The summed E-state index contributed by atoms with van der Waals surface area (Å²) in [6, 6.07) is 3.40. The number of ether oxygens (including phenoxy) is 3. The van der Waals surface area contributed by atoms with Crippen LogP contribution in [0.1, 0.15) is 45.4 Å². The fourth-order valence-electron chi connectivity index (χ4n) is 5.98. The van der Waals surface area contributed by atoms with Gasteiger partial charge in [-0.3, -0.25) is 9.88 Å². The van der Waals surface area contributed by atoms with E-state index in [2.05, 4.69) is 56.5 Å². The van der Waals surface area contributed by atoms with Crippen molar-refractivity contribution in [2.24, 2.45) is 11.3 Å². The number of anilines is 1. The normalized spacial score (nSPS) is 19.7. The number of nitrogens with one attached hydrogen (secondary N) is 1. The van der Waals surface area contributed by atoms with Crippen molar-refractivity contribution >= 4 is 39.0 Å². The number of benzene rings is 1. The highest BCUT2D eigenvalue weighted by atomic mass is 28.3. The third-order valence-electron chi connectivity index (χ3n) is 8.93. The lowest BCUT2D eigenvalue weighted by Gasteiger charge is -2.21. The van der Waals surface area contributed by atoms with E-state index in [0.717, 1.165) is 42.6 Å². The van der Waals surface area contributed by atoms with Crippen molar-refractivity contribution in [1.29, 1.82) is 0 Å². The Balaban J connectivity index is 1.57. The summed E-state index contributed by atoms with van der Waals surface area (Å²) in [6.07, 6.45) is 2.00. The maximum absolute atomic E-state index is 15.7. The Morgan fingerprint density at radius 1 is 1.04 bits per heavy atom. The number of rotatable bonds is 12. The van der Waals surface area contributed by atoms with Crippen LogP contribution in [0.2, 0.25) is 51.4 Å². The molecular weight excluding hydrogens is 625 g/mol. The highest BCUT2D eigenvalue weighted by Gasteiger charge is 2.54. The van der Waals surface area contributed by atoms with Gasteiger partial charge in [0.25, 0.3) is 0 Å². The van der Waals surface area contributed by atoms with Gasteiger partial charge in [0.15, 0.2) is 17.5 Å². The summed E-state index contributed by atoms with van der Waals surface area (Å²) >= 11 is 0. The second kappa shape index (κ2) is 12.4. The van der Waals surface area contributed by atoms with Crippen LogP contribution in [0.25, 0.3) is 22.6 Å². The molecule has 2 aromatic heterocycles. The molecule has 1 saturated carbocycles. The molecule has 3 aromatic rings. The minimum absolute atomic E-state index is 0.0722. The molecule has 9 nitrogen and oxygen atoms in total. The molecule has 254 valence electrons. The smallest absolute Gasteiger partial charge is 0.412 e. The van der Waals surface area contributed by atoms with Crippen molar-refractivity contribution < 1.29 is 27.8 Å². The maximum Gasteiger partial charge on any atom is 0.412 e. The molecule has 2 aliphatic rings. The first kappa shape index (κ1) is 34.7. The summed E-state index contributed by atoms with van der Waals surface area (Å²) in [5.74, 6) is -1.39. The zero-order valence-corrected chi connectivity index (χ0v) is 31.2. The quantitative estimate of drug-likeness (QED) is 0.154. The highest BCUT2D eigenvalue weighted by molar-refractivity contribution is 6.76. The minimum Gasteiger partial charge on any atom is -0.444 e. The Morgan fingerprint density at radius 2 is 1.67 bits per heavy atom. The van der Waals surface area contributed by atoms with Crippen molar-refractivity contribution in [3.8, 4) is 11.5 Å². The number of hydrogen-bond donors (Lipinski definition) is 1. The van der Waals surface area contributed by atoms with Crippen LogP contribution in [0.3, 0.4) is 0 Å². The van der Waals surface area contributed by atoms with Crippen LogP contribution in [0.4, 0.5) is 19.3 Å². The molecule has 2 aliphatic carbocycles. The van der Waals surface area contributed by atoms with Gasteiger partial charge >= 0.3 is 6.09 Å². The molecule has 0 saturated heterocycles. The second-order valence-corrected chi connectivity index (χ2v) is 28.1. The fourth-order valence-corrected chi connectivity index (χ4v) is 7.49. The molecule has 0 spiro atoms. The molecule has 1 aromatic carbocycles. The number of imidazole rings is 1. The lowest BCUT2D eigenvalue weighted by atomic mass is 9.87. The molecule has 1 N–H and O–H groups in total. The van der Waals surface area contributed by atoms with Crippen molar-refractivity contribution in [1.82, 2.24) is 19.3 Å². The SMILES string of the molecule is CC(C)(C)OC(=O)Nc1cc2c(nc(-c3nn(COCC[Si](C)(C)C)c4c3C[C@@H]3C[C@]3(C)C4)n2COCC[Si](C)(C)C)c(F)c1F. The molecule has 1 amide bonds. The van der Waals surface area contributed by atoms with Crippen molar-refractivity contribution in [3.63, 3.8) is 0 Å². The third kappa shape index (κ3) is 7.91. The fraction of sp³-hybridized carbons (Fsp3) is 0.667. The van der Waals surface area contributed by atoms with Gasteiger partial charge in [0.1, 0.15) is 30.3 Å². The number of aromatic nitrogens is 4. The zero-order chi connectivity index (χ0) is 33.8. The molecule has 13 heteroatoms. The Bertz CT molecular complexity index is 1620. The van der Waals surface area contributed by atoms with Crippen LogP contribution in [0, 0.1) is 23.0 Å². The Kier molecular flexibility index (Phi) is 9.39. The summed E-state index contributed by atoms with van der Waals surface area (Å²) in [4.78, 5) is 17.2. The van der Waals surface area contributed by atoms with Crippen LogP contribution >= 0.6 is 0 Å². The van der Waals surface area contributed by atoms with Crippen LogP contribution < -0.4 is 5.32 Å². The minimum atomic E-state index is -1.38. The van der Waals surface area contributed by atoms with Crippen LogP contribution in [0.5, 0.6) is 0 Å². The van der Waals surface area contributed by atoms with Gasteiger partial charge in [0.05, 0.1) is 11.2 Å². The monoisotopic (exact) mass is 675 g/mol. The van der Waals surface area contributed by atoms with E-state index >= 15 is 8.78 Å². The van der Waals surface area contributed by atoms with E-state index in [1.165, 1.54) is 6.07 Å². The molecule has 2 atom stereocenters. The lowest BCUT2D eigenvalue weighted by molar-refractivity contribution is 0.0635. The van der Waals surface area contributed by atoms with Crippen LogP contribution in [0.15, 0.2) is 6.07 Å². The number of hydrogen-bond acceptors (Lipinski definition) is 6. The van der Waals surface area contributed by atoms with Crippen molar-refractivity contribution in [3.05, 3.63) is 29.0 Å². The number of carbonyl (C=O) groups is 1. The molecular formula is C33H51F2N5O4Si2. The molecule has 2 heterocycles. The second-order valence-electron chi connectivity index (χ2n) is 16.8. The summed E-state index contributed by atoms with van der Waals surface area (Å²) in [5, 5.41) is 7.42. The van der Waals surface area contributed by atoms with Crippen LogP contribution in [-0.4, -0.2) is 60.4 Å². The van der Waals surface area contributed by atoms with E-state index in [1.54, 1.807) is 25.3 Å². The van der Waals surface area contributed by atoms with Gasteiger partial charge in [-0.2, -0.15) is 5.10 Å².